The molecule has 0 spiro atoms. The molecule has 1 unspecified atom stereocenters. The fourth-order valence-electron chi connectivity index (χ4n) is 4.36. The van der Waals surface area contributed by atoms with Crippen molar-refractivity contribution in [3.05, 3.63) is 65.7 Å². The van der Waals surface area contributed by atoms with Gasteiger partial charge >= 0.3 is 6.09 Å². The maximum atomic E-state index is 13.0. The Bertz CT molecular complexity index is 960. The molecular formula is C23H26N4O3S. The number of piperidine rings is 1. The normalized spacial score (nSPS) is 19.2. The number of carbonyl (C=O) groups is 2. The third-order valence-corrected chi connectivity index (χ3v) is 5.94. The lowest BCUT2D eigenvalue weighted by Gasteiger charge is -2.38. The fourth-order valence-corrected chi connectivity index (χ4v) is 4.48. The molecule has 0 saturated carbocycles. The molecule has 31 heavy (non-hydrogen) atoms. The molecule has 3 N–H and O–H groups in total. The van der Waals surface area contributed by atoms with Gasteiger partial charge in [-0.3, -0.25) is 9.69 Å². The van der Waals surface area contributed by atoms with Crippen molar-refractivity contribution in [3.8, 4) is 0 Å². The molecule has 2 fully saturated rings. The molecule has 8 heteroatoms. The molecule has 2 aliphatic rings. The van der Waals surface area contributed by atoms with Crippen LogP contribution in [0.1, 0.15) is 28.8 Å². The van der Waals surface area contributed by atoms with Crippen molar-refractivity contribution in [2.24, 2.45) is 5.73 Å². The van der Waals surface area contributed by atoms with Crippen molar-refractivity contribution in [1.29, 1.82) is 0 Å². The van der Waals surface area contributed by atoms with Crippen LogP contribution in [0.15, 0.2) is 54.6 Å². The lowest BCUT2D eigenvalue weighted by atomic mass is 9.98. The van der Waals surface area contributed by atoms with E-state index in [1.165, 1.54) is 5.56 Å². The van der Waals surface area contributed by atoms with E-state index in [1.54, 1.807) is 18.2 Å². The number of thiocarbonyl (C=S) groups is 1. The van der Waals surface area contributed by atoms with Crippen LogP contribution < -0.4 is 11.1 Å². The standard InChI is InChI=1S/C23H26N4O3S/c24-22(31)25-18-8-4-7-17(14-18)21(28)26-11-9-19(10-12-26)27-20(15-30-23(27)29)13-16-5-2-1-3-6-16/h1-8,14,19-20H,9-13,15H2,(H3,24,25,31). The van der Waals surface area contributed by atoms with Crippen LogP contribution in [0.4, 0.5) is 10.5 Å². The van der Waals surface area contributed by atoms with Crippen molar-refractivity contribution >= 4 is 35.0 Å². The van der Waals surface area contributed by atoms with Gasteiger partial charge in [0, 0.05) is 30.4 Å². The predicted molar refractivity (Wildman–Crippen MR) is 123 cm³/mol. The van der Waals surface area contributed by atoms with Crippen LogP contribution in [0.5, 0.6) is 0 Å². The largest absolute Gasteiger partial charge is 0.447 e. The Morgan fingerprint density at radius 3 is 2.58 bits per heavy atom. The number of carbonyl (C=O) groups excluding carboxylic acids is 2. The average molecular weight is 439 g/mol. The van der Waals surface area contributed by atoms with Crippen molar-refractivity contribution in [3.63, 3.8) is 0 Å². The van der Waals surface area contributed by atoms with Crippen LogP contribution >= 0.6 is 12.2 Å². The summed E-state index contributed by atoms with van der Waals surface area (Å²) in [5, 5.41) is 3.02. The fraction of sp³-hybridized carbons (Fsp3) is 0.348. The van der Waals surface area contributed by atoms with E-state index >= 15 is 0 Å². The zero-order valence-corrected chi connectivity index (χ0v) is 18.0. The van der Waals surface area contributed by atoms with Gasteiger partial charge in [0.2, 0.25) is 0 Å². The van der Waals surface area contributed by atoms with Crippen LogP contribution in [0.3, 0.4) is 0 Å². The van der Waals surface area contributed by atoms with Gasteiger partial charge in [-0.05, 0) is 55.2 Å². The van der Waals surface area contributed by atoms with Gasteiger partial charge < -0.3 is 20.7 Å². The van der Waals surface area contributed by atoms with E-state index in [4.69, 9.17) is 22.7 Å². The van der Waals surface area contributed by atoms with Crippen LogP contribution in [0.2, 0.25) is 0 Å². The SMILES string of the molecule is NC(=S)Nc1cccc(C(=O)N2CCC(N3C(=O)OCC3Cc3ccccc3)CC2)c1. The Kier molecular flexibility index (Phi) is 6.36. The molecule has 162 valence electrons. The molecule has 0 bridgehead atoms. The van der Waals surface area contributed by atoms with Crippen LogP contribution in [-0.2, 0) is 11.2 Å². The highest BCUT2D eigenvalue weighted by molar-refractivity contribution is 7.80. The van der Waals surface area contributed by atoms with Gasteiger partial charge in [0.25, 0.3) is 5.91 Å². The lowest BCUT2D eigenvalue weighted by molar-refractivity contribution is 0.0637. The summed E-state index contributed by atoms with van der Waals surface area (Å²) in [6.07, 6.45) is 1.99. The molecule has 2 saturated heterocycles. The minimum Gasteiger partial charge on any atom is -0.447 e. The van der Waals surface area contributed by atoms with Gasteiger partial charge in [0.1, 0.15) is 6.61 Å². The van der Waals surface area contributed by atoms with E-state index in [2.05, 4.69) is 17.4 Å². The first-order valence-electron chi connectivity index (χ1n) is 10.5. The topological polar surface area (TPSA) is 87.9 Å². The summed E-state index contributed by atoms with van der Waals surface area (Å²) in [7, 11) is 0. The quantitative estimate of drug-likeness (QED) is 0.698. The third kappa shape index (κ3) is 4.96. The van der Waals surface area contributed by atoms with E-state index in [1.807, 2.05) is 34.1 Å². The number of nitrogens with zero attached hydrogens (tertiary/aromatic N) is 2. The zero-order chi connectivity index (χ0) is 21.8. The third-order valence-electron chi connectivity index (χ3n) is 5.84. The first kappa shape index (κ1) is 21.1. The van der Waals surface area contributed by atoms with Gasteiger partial charge in [-0.15, -0.1) is 0 Å². The number of likely N-dealkylation sites (tertiary alicyclic amines) is 1. The van der Waals surface area contributed by atoms with Crippen molar-refractivity contribution in [1.82, 2.24) is 9.80 Å². The van der Waals surface area contributed by atoms with Crippen LogP contribution in [0, 0.1) is 0 Å². The number of anilines is 1. The molecule has 1 atom stereocenters. The summed E-state index contributed by atoms with van der Waals surface area (Å²) in [4.78, 5) is 29.1. The summed E-state index contributed by atoms with van der Waals surface area (Å²) in [6, 6.07) is 17.4. The molecule has 4 rings (SSSR count). The molecule has 2 aromatic carbocycles. The van der Waals surface area contributed by atoms with E-state index in [9.17, 15) is 9.59 Å². The first-order valence-corrected chi connectivity index (χ1v) is 10.9. The van der Waals surface area contributed by atoms with Crippen LogP contribution in [-0.4, -0.2) is 58.7 Å². The van der Waals surface area contributed by atoms with E-state index in [-0.39, 0.29) is 29.2 Å². The summed E-state index contributed by atoms with van der Waals surface area (Å²) < 4.78 is 5.37. The molecule has 2 amide bonds. The Labute approximate surface area is 187 Å². The summed E-state index contributed by atoms with van der Waals surface area (Å²) in [5.41, 5.74) is 7.99. The highest BCUT2D eigenvalue weighted by Gasteiger charge is 2.39. The lowest BCUT2D eigenvalue weighted by Crippen LogP contribution is -2.50. The van der Waals surface area contributed by atoms with Gasteiger partial charge in [-0.25, -0.2) is 4.79 Å². The van der Waals surface area contributed by atoms with Crippen molar-refractivity contribution in [2.75, 3.05) is 25.0 Å². The van der Waals surface area contributed by atoms with Gasteiger partial charge in [0.15, 0.2) is 5.11 Å². The number of ether oxygens (including phenoxy) is 1. The number of amides is 2. The van der Waals surface area contributed by atoms with Gasteiger partial charge in [-0.2, -0.15) is 0 Å². The summed E-state index contributed by atoms with van der Waals surface area (Å²) in [5.74, 6) is -0.0325. The summed E-state index contributed by atoms with van der Waals surface area (Å²) in [6.45, 7) is 1.60. The van der Waals surface area contributed by atoms with Gasteiger partial charge in [0.05, 0.1) is 6.04 Å². The van der Waals surface area contributed by atoms with Gasteiger partial charge in [-0.1, -0.05) is 36.4 Å². The van der Waals surface area contributed by atoms with E-state index < -0.39 is 0 Å². The average Bonchev–Trinajstić information content (AvgIpc) is 3.13. The number of nitrogens with two attached hydrogens (primary N) is 1. The van der Waals surface area contributed by atoms with Crippen molar-refractivity contribution < 1.29 is 14.3 Å². The minimum absolute atomic E-state index is 0.0324. The smallest absolute Gasteiger partial charge is 0.410 e. The molecule has 0 aliphatic carbocycles. The Hall–Kier alpha value is -3.13. The second-order valence-corrected chi connectivity index (χ2v) is 8.36. The second-order valence-electron chi connectivity index (χ2n) is 7.92. The molecule has 0 radical (unpaired) electrons. The first-order chi connectivity index (χ1) is 15.0. The van der Waals surface area contributed by atoms with Crippen molar-refractivity contribution in [2.45, 2.75) is 31.3 Å². The second kappa shape index (κ2) is 9.34. The number of rotatable bonds is 5. The molecular weight excluding hydrogens is 412 g/mol. The summed E-state index contributed by atoms with van der Waals surface area (Å²) >= 11 is 4.87. The highest BCUT2D eigenvalue weighted by atomic mass is 32.1. The molecule has 2 heterocycles. The Balaban J connectivity index is 1.38. The number of nitrogens with one attached hydrogen (secondary N) is 1. The van der Waals surface area contributed by atoms with Crippen LogP contribution in [0.25, 0.3) is 0 Å². The molecule has 7 nitrogen and oxygen atoms in total. The Morgan fingerprint density at radius 2 is 1.87 bits per heavy atom. The maximum Gasteiger partial charge on any atom is 0.410 e. The monoisotopic (exact) mass is 438 g/mol. The number of hydrogen-bond acceptors (Lipinski definition) is 4. The molecule has 0 aromatic heterocycles. The maximum absolute atomic E-state index is 13.0. The number of hydrogen-bond donors (Lipinski definition) is 2. The van der Waals surface area contributed by atoms with E-state index in [0.29, 0.717) is 30.9 Å². The predicted octanol–water partition coefficient (Wildman–Crippen LogP) is 3.01. The molecule has 2 aliphatic heterocycles. The zero-order valence-electron chi connectivity index (χ0n) is 17.2. The number of benzene rings is 2. The number of cyclic esters (lactones) is 1. The van der Waals surface area contributed by atoms with E-state index in [0.717, 1.165) is 19.3 Å². The highest BCUT2D eigenvalue weighted by Crippen LogP contribution is 2.27. The Morgan fingerprint density at radius 1 is 1.13 bits per heavy atom. The minimum atomic E-state index is -0.248. The molecule has 2 aromatic rings.